The number of benzene rings is 3. The molecule has 2 amide bonds. The Bertz CT molecular complexity index is 1050. The second-order valence-corrected chi connectivity index (χ2v) is 6.61. The summed E-state index contributed by atoms with van der Waals surface area (Å²) in [5.74, 6) is -4.59. The molecule has 1 aliphatic carbocycles. The van der Waals surface area contributed by atoms with Crippen molar-refractivity contribution in [1.82, 2.24) is 5.32 Å². The highest BCUT2D eigenvalue weighted by Crippen LogP contribution is 2.46. The fraction of sp³-hybridized carbons (Fsp3) is 0.0909. The predicted octanol–water partition coefficient (Wildman–Crippen LogP) is 3.36. The number of nitrogens with one attached hydrogen (secondary N) is 1. The van der Waals surface area contributed by atoms with Crippen molar-refractivity contribution < 1.29 is 18.4 Å². The summed E-state index contributed by atoms with van der Waals surface area (Å²) in [6, 6.07) is 17.2. The Balaban J connectivity index is 1.76. The van der Waals surface area contributed by atoms with Gasteiger partial charge in [-0.05, 0) is 34.4 Å². The Labute approximate surface area is 160 Å². The summed E-state index contributed by atoms with van der Waals surface area (Å²) >= 11 is 0. The molecule has 0 saturated carbocycles. The van der Waals surface area contributed by atoms with Crippen molar-refractivity contribution in [2.45, 2.75) is 12.0 Å². The van der Waals surface area contributed by atoms with Crippen LogP contribution in [0.15, 0.2) is 66.7 Å². The molecule has 3 N–H and O–H groups in total. The first kappa shape index (κ1) is 17.9. The third-order valence-corrected chi connectivity index (χ3v) is 5.00. The third-order valence-electron chi connectivity index (χ3n) is 5.00. The van der Waals surface area contributed by atoms with Gasteiger partial charge in [0.05, 0.1) is 5.56 Å². The first-order valence-electron chi connectivity index (χ1n) is 8.71. The van der Waals surface area contributed by atoms with Gasteiger partial charge in [0.2, 0.25) is 5.91 Å². The van der Waals surface area contributed by atoms with E-state index in [0.717, 1.165) is 34.4 Å². The Morgan fingerprint density at radius 1 is 0.857 bits per heavy atom. The van der Waals surface area contributed by atoms with Crippen molar-refractivity contribution in [2.75, 3.05) is 0 Å². The number of primary amides is 1. The van der Waals surface area contributed by atoms with Crippen LogP contribution in [0.2, 0.25) is 0 Å². The van der Waals surface area contributed by atoms with E-state index in [9.17, 15) is 18.4 Å². The standard InChI is InChI=1S/C22H16F2N2O2/c23-17-11-5-10-16(19(17)24)22(28)26-20(21(25)27)18-14-8-3-1-6-12(14)13-7-2-4-9-15(13)18/h1-11,18,20H,(H2,25,27)(H,26,28)/t20-/m1/s1. The van der Waals surface area contributed by atoms with Crippen molar-refractivity contribution in [1.29, 1.82) is 0 Å². The Hall–Kier alpha value is -3.54. The van der Waals surface area contributed by atoms with Gasteiger partial charge in [-0.15, -0.1) is 0 Å². The highest BCUT2D eigenvalue weighted by Gasteiger charge is 2.38. The lowest BCUT2D eigenvalue weighted by Crippen LogP contribution is -2.48. The zero-order valence-corrected chi connectivity index (χ0v) is 14.7. The molecule has 0 bridgehead atoms. The Morgan fingerprint density at radius 3 is 2.00 bits per heavy atom. The summed E-state index contributed by atoms with van der Waals surface area (Å²) in [5.41, 5.74) is 8.69. The van der Waals surface area contributed by atoms with Crippen molar-refractivity contribution in [2.24, 2.45) is 5.73 Å². The summed E-state index contributed by atoms with van der Waals surface area (Å²) in [6.45, 7) is 0. The second kappa shape index (κ2) is 6.88. The quantitative estimate of drug-likeness (QED) is 0.731. The van der Waals surface area contributed by atoms with Crippen LogP contribution >= 0.6 is 0 Å². The highest BCUT2D eigenvalue weighted by molar-refractivity contribution is 5.98. The molecular formula is C22H16F2N2O2. The molecule has 3 aromatic carbocycles. The SMILES string of the molecule is NC(=O)[C@H](NC(=O)c1cccc(F)c1F)C1c2ccccc2-c2ccccc21. The second-order valence-electron chi connectivity index (χ2n) is 6.61. The van der Waals surface area contributed by atoms with E-state index in [1.807, 2.05) is 48.5 Å². The topological polar surface area (TPSA) is 72.2 Å². The molecule has 0 spiro atoms. The normalized spacial score (nSPS) is 13.5. The molecule has 0 aliphatic heterocycles. The van der Waals surface area contributed by atoms with Crippen molar-refractivity contribution in [3.63, 3.8) is 0 Å². The van der Waals surface area contributed by atoms with E-state index in [4.69, 9.17) is 5.73 Å². The zero-order chi connectivity index (χ0) is 19.8. The molecule has 28 heavy (non-hydrogen) atoms. The van der Waals surface area contributed by atoms with Crippen molar-refractivity contribution in [3.05, 3.63) is 95.1 Å². The molecule has 4 nitrogen and oxygen atoms in total. The summed E-state index contributed by atoms with van der Waals surface area (Å²) in [5, 5.41) is 2.50. The van der Waals surface area contributed by atoms with Crippen LogP contribution in [0.5, 0.6) is 0 Å². The molecule has 0 saturated heterocycles. The molecule has 0 radical (unpaired) electrons. The maximum atomic E-state index is 14.0. The number of halogens is 2. The molecule has 0 unspecified atom stereocenters. The average Bonchev–Trinajstić information content (AvgIpc) is 3.02. The van der Waals surface area contributed by atoms with Gasteiger partial charge in [0, 0.05) is 5.92 Å². The minimum atomic E-state index is -1.27. The maximum Gasteiger partial charge on any atom is 0.255 e. The van der Waals surface area contributed by atoms with Crippen molar-refractivity contribution in [3.8, 4) is 11.1 Å². The molecule has 0 heterocycles. The first-order valence-corrected chi connectivity index (χ1v) is 8.71. The van der Waals surface area contributed by atoms with Gasteiger partial charge in [0.25, 0.3) is 5.91 Å². The van der Waals surface area contributed by atoms with Crippen LogP contribution in [-0.2, 0) is 4.79 Å². The van der Waals surface area contributed by atoms with Crippen LogP contribution in [-0.4, -0.2) is 17.9 Å². The number of rotatable bonds is 4. The summed E-state index contributed by atoms with van der Waals surface area (Å²) in [7, 11) is 0. The van der Waals surface area contributed by atoms with E-state index in [0.29, 0.717) is 0 Å². The fourth-order valence-corrected chi connectivity index (χ4v) is 3.77. The third kappa shape index (κ3) is 2.83. The number of amides is 2. The number of nitrogens with two attached hydrogens (primary N) is 1. The Morgan fingerprint density at radius 2 is 1.43 bits per heavy atom. The first-order chi connectivity index (χ1) is 13.5. The van der Waals surface area contributed by atoms with Gasteiger partial charge >= 0.3 is 0 Å². The molecule has 4 rings (SSSR count). The van der Waals surface area contributed by atoms with E-state index in [2.05, 4.69) is 5.32 Å². The van der Waals surface area contributed by atoms with Gasteiger partial charge in [-0.25, -0.2) is 8.78 Å². The van der Waals surface area contributed by atoms with E-state index in [-0.39, 0.29) is 0 Å². The molecule has 6 heteroatoms. The predicted molar refractivity (Wildman–Crippen MR) is 101 cm³/mol. The van der Waals surface area contributed by atoms with E-state index in [1.54, 1.807) is 0 Å². The van der Waals surface area contributed by atoms with Gasteiger partial charge in [0.1, 0.15) is 6.04 Å². The largest absolute Gasteiger partial charge is 0.368 e. The monoisotopic (exact) mass is 378 g/mol. The van der Waals surface area contributed by atoms with Gasteiger partial charge in [-0.3, -0.25) is 9.59 Å². The van der Waals surface area contributed by atoms with Crippen LogP contribution in [0, 0.1) is 11.6 Å². The Kier molecular flexibility index (Phi) is 4.39. The van der Waals surface area contributed by atoms with Crippen LogP contribution in [0.1, 0.15) is 27.4 Å². The molecule has 1 aliphatic rings. The fourth-order valence-electron chi connectivity index (χ4n) is 3.77. The number of carbonyl (C=O) groups is 2. The number of hydrogen-bond acceptors (Lipinski definition) is 2. The summed E-state index contributed by atoms with van der Waals surface area (Å²) in [4.78, 5) is 24.9. The van der Waals surface area contributed by atoms with Gasteiger partial charge in [-0.1, -0.05) is 54.6 Å². The smallest absolute Gasteiger partial charge is 0.255 e. The van der Waals surface area contributed by atoms with E-state index >= 15 is 0 Å². The lowest BCUT2D eigenvalue weighted by atomic mass is 9.88. The molecule has 1 atom stereocenters. The van der Waals surface area contributed by atoms with Crippen LogP contribution < -0.4 is 11.1 Å². The molecule has 3 aromatic rings. The molecule has 0 fully saturated rings. The lowest BCUT2D eigenvalue weighted by molar-refractivity contribution is -0.120. The van der Waals surface area contributed by atoms with E-state index in [1.165, 1.54) is 6.07 Å². The highest BCUT2D eigenvalue weighted by atomic mass is 19.2. The number of hydrogen-bond donors (Lipinski definition) is 2. The van der Waals surface area contributed by atoms with Crippen LogP contribution in [0.3, 0.4) is 0 Å². The lowest BCUT2D eigenvalue weighted by Gasteiger charge is -2.24. The molecule has 140 valence electrons. The average molecular weight is 378 g/mol. The van der Waals surface area contributed by atoms with Crippen LogP contribution in [0.25, 0.3) is 11.1 Å². The number of fused-ring (bicyclic) bond motifs is 3. The summed E-state index contributed by atoms with van der Waals surface area (Å²) in [6.07, 6.45) is 0. The zero-order valence-electron chi connectivity index (χ0n) is 14.7. The van der Waals surface area contributed by atoms with Gasteiger partial charge in [0.15, 0.2) is 11.6 Å². The van der Waals surface area contributed by atoms with Crippen LogP contribution in [0.4, 0.5) is 8.78 Å². The van der Waals surface area contributed by atoms with Gasteiger partial charge < -0.3 is 11.1 Å². The van der Waals surface area contributed by atoms with Crippen molar-refractivity contribution >= 4 is 11.8 Å². The number of carbonyl (C=O) groups excluding carboxylic acids is 2. The maximum absolute atomic E-state index is 14.0. The minimum Gasteiger partial charge on any atom is -0.368 e. The molecule has 0 aromatic heterocycles. The van der Waals surface area contributed by atoms with E-state index < -0.39 is 41.0 Å². The molecular weight excluding hydrogens is 362 g/mol. The minimum absolute atomic E-state index is 0.481. The summed E-state index contributed by atoms with van der Waals surface area (Å²) < 4.78 is 27.5. The van der Waals surface area contributed by atoms with Gasteiger partial charge in [-0.2, -0.15) is 0 Å².